The number of likely N-dealkylation sites (tertiary alicyclic amines) is 1. The van der Waals surface area contributed by atoms with Crippen molar-refractivity contribution in [2.75, 3.05) is 6.54 Å². The molecule has 0 bridgehead atoms. The highest BCUT2D eigenvalue weighted by Gasteiger charge is 2.37. The van der Waals surface area contributed by atoms with Crippen LogP contribution in [0.3, 0.4) is 0 Å². The van der Waals surface area contributed by atoms with E-state index in [2.05, 4.69) is 10.3 Å². The first kappa shape index (κ1) is 14.1. The maximum absolute atomic E-state index is 12.3. The van der Waals surface area contributed by atoms with Gasteiger partial charge in [0, 0.05) is 23.3 Å². The van der Waals surface area contributed by atoms with E-state index in [1.54, 1.807) is 12.1 Å². The fourth-order valence-electron chi connectivity index (χ4n) is 2.85. The van der Waals surface area contributed by atoms with Gasteiger partial charge in [-0.05, 0) is 36.9 Å². The Labute approximate surface area is 127 Å². The number of aromatic nitrogens is 1. The Kier molecular flexibility index (Phi) is 3.55. The maximum Gasteiger partial charge on any atom is 0.252 e. The summed E-state index contributed by atoms with van der Waals surface area (Å²) in [6.07, 6.45) is 2.34. The molecular weight excluding hydrogens is 280 g/mol. The third-order valence-corrected chi connectivity index (χ3v) is 4.05. The van der Waals surface area contributed by atoms with Crippen molar-refractivity contribution in [2.45, 2.75) is 25.4 Å². The Morgan fingerprint density at radius 3 is 3.09 bits per heavy atom. The quantitative estimate of drug-likeness (QED) is 0.839. The monoisotopic (exact) mass is 296 g/mol. The fourth-order valence-corrected chi connectivity index (χ4v) is 2.85. The van der Waals surface area contributed by atoms with E-state index < -0.39 is 6.04 Å². The first-order valence-electron chi connectivity index (χ1n) is 7.15. The summed E-state index contributed by atoms with van der Waals surface area (Å²) in [5.41, 5.74) is 1.39. The Bertz CT molecular complexity index is 774. The van der Waals surface area contributed by atoms with Gasteiger partial charge in [0.25, 0.3) is 5.91 Å². The molecule has 2 N–H and O–H groups in total. The van der Waals surface area contributed by atoms with Crippen molar-refractivity contribution in [1.82, 2.24) is 15.2 Å². The van der Waals surface area contributed by atoms with Crippen LogP contribution in [0.1, 0.15) is 23.7 Å². The van der Waals surface area contributed by atoms with Gasteiger partial charge in [0.2, 0.25) is 5.91 Å². The van der Waals surface area contributed by atoms with Crippen molar-refractivity contribution in [3.8, 4) is 6.07 Å². The second-order valence-corrected chi connectivity index (χ2v) is 5.51. The van der Waals surface area contributed by atoms with Gasteiger partial charge >= 0.3 is 0 Å². The van der Waals surface area contributed by atoms with Crippen molar-refractivity contribution in [3.63, 3.8) is 0 Å². The highest BCUT2D eigenvalue weighted by molar-refractivity contribution is 6.00. The Morgan fingerprint density at radius 2 is 2.32 bits per heavy atom. The maximum atomic E-state index is 12.3. The van der Waals surface area contributed by atoms with Gasteiger partial charge in [0.15, 0.2) is 0 Å². The van der Waals surface area contributed by atoms with Crippen LogP contribution in [0, 0.1) is 11.3 Å². The van der Waals surface area contributed by atoms with Gasteiger partial charge in [0.05, 0.1) is 6.07 Å². The number of hydrogen-bond donors (Lipinski definition) is 2. The molecule has 1 fully saturated rings. The third kappa shape index (κ3) is 2.42. The van der Waals surface area contributed by atoms with Gasteiger partial charge in [-0.25, -0.2) is 0 Å². The van der Waals surface area contributed by atoms with Crippen molar-refractivity contribution in [3.05, 3.63) is 36.0 Å². The lowest BCUT2D eigenvalue weighted by molar-refractivity contribution is -0.129. The lowest BCUT2D eigenvalue weighted by Crippen LogP contribution is -2.41. The number of nitrogens with zero attached hydrogens (tertiary/aromatic N) is 2. The Balaban J connectivity index is 1.74. The first-order valence-corrected chi connectivity index (χ1v) is 7.15. The second kappa shape index (κ2) is 5.53. The molecule has 2 atom stereocenters. The van der Waals surface area contributed by atoms with Crippen LogP contribution in [-0.4, -0.2) is 40.3 Å². The number of nitrogens with one attached hydrogen (secondary N) is 2. The predicted octanol–water partition coefficient (Wildman–Crippen LogP) is 1.41. The van der Waals surface area contributed by atoms with Crippen LogP contribution in [0.5, 0.6) is 0 Å². The summed E-state index contributed by atoms with van der Waals surface area (Å²) in [5.74, 6) is -0.468. The molecule has 1 aromatic heterocycles. The Morgan fingerprint density at radius 1 is 1.50 bits per heavy atom. The molecule has 1 saturated heterocycles. The molecule has 2 amide bonds. The average Bonchev–Trinajstić information content (AvgIpc) is 3.07. The molecule has 2 aromatic rings. The van der Waals surface area contributed by atoms with Gasteiger partial charge < -0.3 is 15.2 Å². The van der Waals surface area contributed by atoms with E-state index in [0.29, 0.717) is 12.0 Å². The van der Waals surface area contributed by atoms with Crippen LogP contribution in [0.2, 0.25) is 0 Å². The number of benzene rings is 1. The van der Waals surface area contributed by atoms with Gasteiger partial charge in [0.1, 0.15) is 12.6 Å². The summed E-state index contributed by atoms with van der Waals surface area (Å²) in [6, 6.07) is 8.68. The smallest absolute Gasteiger partial charge is 0.252 e. The molecule has 0 saturated carbocycles. The summed E-state index contributed by atoms with van der Waals surface area (Å²) < 4.78 is 0. The van der Waals surface area contributed by atoms with E-state index in [1.165, 1.54) is 4.90 Å². The average molecular weight is 296 g/mol. The minimum absolute atomic E-state index is 0.0386. The predicted molar refractivity (Wildman–Crippen MR) is 81.0 cm³/mol. The number of hydrogen-bond acceptors (Lipinski definition) is 3. The number of H-pyrrole nitrogens is 1. The standard InChI is InChI=1S/C16H16N4O2/c1-10-8-14(16(22)20(10)7-5-17)19-15(21)12-3-2-11-4-6-18-13(11)9-12/h2-4,6,9-10,14,18H,7-8H2,1H3,(H,19,21). The molecule has 6 heteroatoms. The van der Waals surface area contributed by atoms with E-state index in [4.69, 9.17) is 5.26 Å². The molecule has 1 aliphatic heterocycles. The number of carbonyl (C=O) groups is 2. The molecular formula is C16H16N4O2. The summed E-state index contributed by atoms with van der Waals surface area (Å²) >= 11 is 0. The largest absolute Gasteiger partial charge is 0.361 e. The third-order valence-electron chi connectivity index (χ3n) is 4.05. The SMILES string of the molecule is CC1CC(NC(=O)c2ccc3cc[nH]c3c2)C(=O)N1CC#N. The second-order valence-electron chi connectivity index (χ2n) is 5.51. The minimum atomic E-state index is -0.560. The van der Waals surface area contributed by atoms with Crippen LogP contribution in [-0.2, 0) is 4.79 Å². The van der Waals surface area contributed by atoms with Gasteiger partial charge in [-0.3, -0.25) is 9.59 Å². The van der Waals surface area contributed by atoms with E-state index in [0.717, 1.165) is 10.9 Å². The fraction of sp³-hybridized carbons (Fsp3) is 0.312. The summed E-state index contributed by atoms with van der Waals surface area (Å²) in [5, 5.41) is 12.6. The molecule has 112 valence electrons. The van der Waals surface area contributed by atoms with E-state index in [-0.39, 0.29) is 24.4 Å². The normalized spacial score (nSPS) is 21.1. The summed E-state index contributed by atoms with van der Waals surface area (Å²) in [6.45, 7) is 1.94. The molecule has 22 heavy (non-hydrogen) atoms. The molecule has 2 heterocycles. The number of amides is 2. The lowest BCUT2D eigenvalue weighted by Gasteiger charge is -2.17. The Hall–Kier alpha value is -2.81. The topological polar surface area (TPSA) is 89.0 Å². The number of carbonyl (C=O) groups excluding carboxylic acids is 2. The van der Waals surface area contributed by atoms with Crippen LogP contribution in [0.4, 0.5) is 0 Å². The van der Waals surface area contributed by atoms with Gasteiger partial charge in [-0.1, -0.05) is 6.07 Å². The molecule has 0 aliphatic carbocycles. The molecule has 6 nitrogen and oxygen atoms in total. The number of fused-ring (bicyclic) bond motifs is 1. The van der Waals surface area contributed by atoms with Crippen LogP contribution in [0.15, 0.2) is 30.5 Å². The molecule has 3 rings (SSSR count). The van der Waals surface area contributed by atoms with Crippen LogP contribution >= 0.6 is 0 Å². The zero-order chi connectivity index (χ0) is 15.7. The molecule has 1 aliphatic rings. The molecule has 2 unspecified atom stereocenters. The summed E-state index contributed by atoms with van der Waals surface area (Å²) in [4.78, 5) is 29.1. The highest BCUT2D eigenvalue weighted by Crippen LogP contribution is 2.19. The summed E-state index contributed by atoms with van der Waals surface area (Å²) in [7, 11) is 0. The zero-order valence-electron chi connectivity index (χ0n) is 12.2. The van der Waals surface area contributed by atoms with E-state index >= 15 is 0 Å². The van der Waals surface area contributed by atoms with Crippen LogP contribution in [0.25, 0.3) is 10.9 Å². The van der Waals surface area contributed by atoms with Gasteiger partial charge in [-0.15, -0.1) is 0 Å². The van der Waals surface area contributed by atoms with E-state index in [9.17, 15) is 9.59 Å². The molecule has 0 spiro atoms. The number of aromatic amines is 1. The van der Waals surface area contributed by atoms with Crippen molar-refractivity contribution in [1.29, 1.82) is 5.26 Å². The highest BCUT2D eigenvalue weighted by atomic mass is 16.2. The zero-order valence-corrected chi connectivity index (χ0v) is 12.2. The lowest BCUT2D eigenvalue weighted by atomic mass is 10.1. The minimum Gasteiger partial charge on any atom is -0.361 e. The first-order chi connectivity index (χ1) is 10.6. The van der Waals surface area contributed by atoms with Crippen LogP contribution < -0.4 is 5.32 Å². The number of nitriles is 1. The molecule has 1 aromatic carbocycles. The van der Waals surface area contributed by atoms with E-state index in [1.807, 2.05) is 31.3 Å². The van der Waals surface area contributed by atoms with Crippen molar-refractivity contribution >= 4 is 22.7 Å². The number of rotatable bonds is 3. The molecule has 0 radical (unpaired) electrons. The van der Waals surface area contributed by atoms with Gasteiger partial charge in [-0.2, -0.15) is 5.26 Å². The van der Waals surface area contributed by atoms with Crippen molar-refractivity contribution in [2.24, 2.45) is 0 Å². The van der Waals surface area contributed by atoms with Crippen molar-refractivity contribution < 1.29 is 9.59 Å².